The molecule has 1 saturated carbocycles. The highest BCUT2D eigenvalue weighted by atomic mass is 19.3. The average molecular weight is 392 g/mol. The third kappa shape index (κ3) is 4.22. The summed E-state index contributed by atoms with van der Waals surface area (Å²) in [5, 5.41) is 4.25. The average Bonchev–Trinajstić information content (AvgIpc) is 3.44. The van der Waals surface area contributed by atoms with E-state index in [4.69, 9.17) is 0 Å². The van der Waals surface area contributed by atoms with Crippen LogP contribution in [0.25, 0.3) is 0 Å². The molecule has 0 unspecified atom stereocenters. The summed E-state index contributed by atoms with van der Waals surface area (Å²) in [5.41, 5.74) is 1.11. The van der Waals surface area contributed by atoms with Crippen LogP contribution < -0.4 is 0 Å². The van der Waals surface area contributed by atoms with Crippen LogP contribution in [0.1, 0.15) is 42.1 Å². The first-order chi connectivity index (χ1) is 13.5. The van der Waals surface area contributed by atoms with Gasteiger partial charge >= 0.3 is 0 Å². The number of carbonyl (C=O) groups is 1. The maximum Gasteiger partial charge on any atom is 0.280 e. The molecule has 1 saturated heterocycles. The number of amides is 1. The minimum absolute atomic E-state index is 0.167. The lowest BCUT2D eigenvalue weighted by Crippen LogP contribution is -2.49. The van der Waals surface area contributed by atoms with Gasteiger partial charge in [0.15, 0.2) is 0 Å². The predicted molar refractivity (Wildman–Crippen MR) is 97.4 cm³/mol. The van der Waals surface area contributed by atoms with Gasteiger partial charge in [0.1, 0.15) is 18.1 Å². The molecule has 4 rings (SSSR count). The fraction of sp³-hybridized carbons (Fsp3) is 0.500. The summed E-state index contributed by atoms with van der Waals surface area (Å²) in [6.45, 7) is 2.55. The Morgan fingerprint density at radius 1 is 1.14 bits per heavy atom. The third-order valence-electron chi connectivity index (χ3n) is 5.41. The molecule has 8 heteroatoms. The van der Waals surface area contributed by atoms with E-state index in [9.17, 15) is 18.0 Å². The number of carbonyl (C=O) groups excluding carboxylic acids is 1. The second kappa shape index (κ2) is 7.95. The van der Waals surface area contributed by atoms with Crippen LogP contribution in [-0.4, -0.2) is 51.7 Å². The quantitative estimate of drug-likeness (QED) is 0.758. The summed E-state index contributed by atoms with van der Waals surface area (Å²) in [6.07, 6.45) is -0.708. The first kappa shape index (κ1) is 19.0. The molecule has 28 heavy (non-hydrogen) atoms. The van der Waals surface area contributed by atoms with Gasteiger partial charge in [-0.15, -0.1) is 0 Å². The number of alkyl halides is 2. The van der Waals surface area contributed by atoms with Gasteiger partial charge < -0.3 is 4.90 Å². The van der Waals surface area contributed by atoms with Gasteiger partial charge in [0, 0.05) is 44.2 Å². The Hall–Kier alpha value is -2.35. The number of aromatic nitrogens is 2. The molecule has 1 aliphatic carbocycles. The standard InChI is InChI=1S/C20H23F3N4O/c21-16-4-2-1-3-15(16)12-25-7-9-26(10-8-25)19(28)13-27-18(20(22)23)11-17(24-27)14-5-6-14/h1-4,11,14,20H,5-10,12-13H2. The molecule has 1 amide bonds. The molecule has 1 aromatic heterocycles. The van der Waals surface area contributed by atoms with Gasteiger partial charge in [0.05, 0.1) is 5.69 Å². The fourth-order valence-electron chi connectivity index (χ4n) is 3.58. The molecule has 2 fully saturated rings. The molecular formula is C20H23F3N4O. The normalized spacial score (nSPS) is 18.1. The van der Waals surface area contributed by atoms with E-state index in [1.807, 2.05) is 0 Å². The number of nitrogens with zero attached hydrogens (tertiary/aromatic N) is 4. The van der Waals surface area contributed by atoms with Gasteiger partial charge in [0.25, 0.3) is 6.43 Å². The maximum absolute atomic E-state index is 13.8. The first-order valence-electron chi connectivity index (χ1n) is 9.60. The van der Waals surface area contributed by atoms with Crippen molar-refractivity contribution in [2.24, 2.45) is 0 Å². The van der Waals surface area contributed by atoms with Crippen molar-refractivity contribution in [2.75, 3.05) is 26.2 Å². The highest BCUT2D eigenvalue weighted by Crippen LogP contribution is 2.40. The molecule has 0 spiro atoms. The van der Waals surface area contributed by atoms with Crippen molar-refractivity contribution in [3.05, 3.63) is 53.1 Å². The van der Waals surface area contributed by atoms with E-state index in [1.54, 1.807) is 23.1 Å². The molecule has 2 heterocycles. The van der Waals surface area contributed by atoms with Crippen LogP contribution in [0.5, 0.6) is 0 Å². The van der Waals surface area contributed by atoms with Crippen molar-refractivity contribution in [1.82, 2.24) is 19.6 Å². The molecule has 0 radical (unpaired) electrons. The van der Waals surface area contributed by atoms with E-state index in [1.165, 1.54) is 12.1 Å². The number of halogens is 3. The first-order valence-corrected chi connectivity index (χ1v) is 9.60. The number of hydrogen-bond acceptors (Lipinski definition) is 3. The Bertz CT molecular complexity index is 842. The molecule has 0 atom stereocenters. The Balaban J connectivity index is 1.34. The molecule has 2 aromatic rings. The molecule has 150 valence electrons. The lowest BCUT2D eigenvalue weighted by Gasteiger charge is -2.34. The minimum atomic E-state index is -2.65. The summed E-state index contributed by atoms with van der Waals surface area (Å²) in [6, 6.07) is 8.09. The van der Waals surface area contributed by atoms with E-state index in [-0.39, 0.29) is 29.9 Å². The van der Waals surface area contributed by atoms with Crippen molar-refractivity contribution in [3.8, 4) is 0 Å². The monoisotopic (exact) mass is 392 g/mol. The second-order valence-electron chi connectivity index (χ2n) is 7.48. The zero-order chi connectivity index (χ0) is 19.7. The number of benzene rings is 1. The van der Waals surface area contributed by atoms with Gasteiger partial charge in [-0.1, -0.05) is 18.2 Å². The second-order valence-corrected chi connectivity index (χ2v) is 7.48. The van der Waals surface area contributed by atoms with Gasteiger partial charge in [0.2, 0.25) is 5.91 Å². The van der Waals surface area contributed by atoms with Crippen molar-refractivity contribution in [1.29, 1.82) is 0 Å². The zero-order valence-corrected chi connectivity index (χ0v) is 15.5. The minimum Gasteiger partial charge on any atom is -0.339 e. The van der Waals surface area contributed by atoms with E-state index in [0.29, 0.717) is 44.0 Å². The largest absolute Gasteiger partial charge is 0.339 e. The number of piperazine rings is 1. The Morgan fingerprint density at radius 3 is 2.50 bits per heavy atom. The third-order valence-corrected chi connectivity index (χ3v) is 5.41. The van der Waals surface area contributed by atoms with Crippen LogP contribution >= 0.6 is 0 Å². The number of hydrogen-bond donors (Lipinski definition) is 0. The van der Waals surface area contributed by atoms with Gasteiger partial charge in [-0.25, -0.2) is 13.2 Å². The summed E-state index contributed by atoms with van der Waals surface area (Å²) >= 11 is 0. The zero-order valence-electron chi connectivity index (χ0n) is 15.5. The van der Waals surface area contributed by atoms with Crippen molar-refractivity contribution in [3.63, 3.8) is 0 Å². The molecule has 5 nitrogen and oxygen atoms in total. The lowest BCUT2D eigenvalue weighted by molar-refractivity contribution is -0.134. The summed E-state index contributed by atoms with van der Waals surface area (Å²) < 4.78 is 41.5. The highest BCUT2D eigenvalue weighted by Gasteiger charge is 2.30. The van der Waals surface area contributed by atoms with Crippen LogP contribution in [0.15, 0.2) is 30.3 Å². The summed E-state index contributed by atoms with van der Waals surface area (Å²) in [4.78, 5) is 16.4. The van der Waals surface area contributed by atoms with Crippen LogP contribution in [0.4, 0.5) is 13.2 Å². The predicted octanol–water partition coefficient (Wildman–Crippen LogP) is 3.18. The van der Waals surface area contributed by atoms with Crippen molar-refractivity contribution in [2.45, 2.75) is 38.3 Å². The molecule has 0 N–H and O–H groups in total. The van der Waals surface area contributed by atoms with E-state index < -0.39 is 6.43 Å². The molecule has 1 aliphatic heterocycles. The Morgan fingerprint density at radius 2 is 1.86 bits per heavy atom. The highest BCUT2D eigenvalue weighted by molar-refractivity contribution is 5.76. The Labute approximate surface area is 161 Å². The molecular weight excluding hydrogens is 369 g/mol. The fourth-order valence-corrected chi connectivity index (χ4v) is 3.58. The van der Waals surface area contributed by atoms with Crippen molar-refractivity contribution < 1.29 is 18.0 Å². The van der Waals surface area contributed by atoms with Crippen LogP contribution in [0, 0.1) is 5.82 Å². The lowest BCUT2D eigenvalue weighted by atomic mass is 10.2. The van der Waals surface area contributed by atoms with Gasteiger partial charge in [-0.2, -0.15) is 5.10 Å². The van der Waals surface area contributed by atoms with Crippen LogP contribution in [-0.2, 0) is 17.9 Å². The van der Waals surface area contributed by atoms with Crippen LogP contribution in [0.2, 0.25) is 0 Å². The van der Waals surface area contributed by atoms with Crippen molar-refractivity contribution >= 4 is 5.91 Å². The molecule has 0 bridgehead atoms. The van der Waals surface area contributed by atoms with Gasteiger partial charge in [-0.05, 0) is 25.0 Å². The van der Waals surface area contributed by atoms with E-state index in [2.05, 4.69) is 10.00 Å². The molecule has 2 aliphatic rings. The van der Waals surface area contributed by atoms with Crippen LogP contribution in [0.3, 0.4) is 0 Å². The van der Waals surface area contributed by atoms with Gasteiger partial charge in [-0.3, -0.25) is 14.4 Å². The smallest absolute Gasteiger partial charge is 0.280 e. The maximum atomic E-state index is 13.8. The number of rotatable bonds is 6. The van der Waals surface area contributed by atoms with E-state index >= 15 is 0 Å². The Kier molecular flexibility index (Phi) is 5.39. The topological polar surface area (TPSA) is 41.4 Å². The summed E-state index contributed by atoms with van der Waals surface area (Å²) in [5.74, 6) is -0.181. The molecule has 1 aromatic carbocycles. The SMILES string of the molecule is O=C(Cn1nc(C2CC2)cc1C(F)F)N1CCN(Cc2ccccc2F)CC1. The summed E-state index contributed by atoms with van der Waals surface area (Å²) in [7, 11) is 0. The van der Waals surface area contributed by atoms with E-state index in [0.717, 1.165) is 17.5 Å².